The Labute approximate surface area is 110 Å². The molecule has 0 atom stereocenters. The van der Waals surface area contributed by atoms with Crippen molar-refractivity contribution >= 4 is 28.4 Å². The van der Waals surface area contributed by atoms with Crippen LogP contribution in [0, 0.1) is 0 Å². The van der Waals surface area contributed by atoms with Gasteiger partial charge in [-0.05, 0) is 26.8 Å². The number of carbonyl (C=O) groups excluding carboxylic acids is 2. The molecular formula is C13H16N4O2. The van der Waals surface area contributed by atoms with Gasteiger partial charge in [-0.1, -0.05) is 0 Å². The maximum absolute atomic E-state index is 11.5. The van der Waals surface area contributed by atoms with Gasteiger partial charge in [0.25, 0.3) is 0 Å². The van der Waals surface area contributed by atoms with Gasteiger partial charge in [0.05, 0.1) is 24.5 Å². The lowest BCUT2D eigenvalue weighted by Crippen LogP contribution is -2.14. The van der Waals surface area contributed by atoms with Crippen molar-refractivity contribution in [2.75, 3.05) is 5.32 Å². The van der Waals surface area contributed by atoms with Crippen LogP contribution in [-0.2, 0) is 9.59 Å². The van der Waals surface area contributed by atoms with Crippen molar-refractivity contribution in [1.29, 1.82) is 0 Å². The molecule has 0 saturated heterocycles. The van der Waals surface area contributed by atoms with E-state index in [0.29, 0.717) is 5.69 Å². The number of nitrogens with one attached hydrogen (secondary N) is 1. The molecule has 2 aromatic rings. The number of hydrogen-bond acceptors (Lipinski definition) is 4. The highest BCUT2D eigenvalue weighted by molar-refractivity contribution is 6.03. The van der Waals surface area contributed by atoms with Crippen molar-refractivity contribution in [3.8, 4) is 0 Å². The van der Waals surface area contributed by atoms with Crippen molar-refractivity contribution in [2.45, 2.75) is 33.2 Å². The van der Waals surface area contributed by atoms with Crippen LogP contribution in [0.5, 0.6) is 0 Å². The Balaban J connectivity index is 2.23. The van der Waals surface area contributed by atoms with Gasteiger partial charge < -0.3 is 5.32 Å². The second kappa shape index (κ2) is 5.17. The highest BCUT2D eigenvalue weighted by Crippen LogP contribution is 2.19. The molecule has 100 valence electrons. The Morgan fingerprint density at radius 1 is 1.37 bits per heavy atom. The molecule has 19 heavy (non-hydrogen) atoms. The Bertz CT molecular complexity index is 631. The maximum atomic E-state index is 11.5. The molecule has 0 saturated carbocycles. The van der Waals surface area contributed by atoms with Crippen LogP contribution < -0.4 is 5.32 Å². The fourth-order valence-electron chi connectivity index (χ4n) is 1.82. The van der Waals surface area contributed by atoms with Gasteiger partial charge in [0.1, 0.15) is 5.78 Å². The van der Waals surface area contributed by atoms with Crippen molar-refractivity contribution in [3.63, 3.8) is 0 Å². The van der Waals surface area contributed by atoms with Crippen LogP contribution in [0.4, 0.5) is 5.69 Å². The number of aromatic nitrogens is 3. The molecule has 0 aliphatic rings. The molecule has 0 bridgehead atoms. The third kappa shape index (κ3) is 2.96. The fourth-order valence-corrected chi connectivity index (χ4v) is 1.82. The predicted octanol–water partition coefficient (Wildman–Crippen LogP) is 1.93. The zero-order chi connectivity index (χ0) is 14.0. The van der Waals surface area contributed by atoms with Crippen molar-refractivity contribution in [2.24, 2.45) is 0 Å². The molecule has 1 amide bonds. The summed E-state index contributed by atoms with van der Waals surface area (Å²) >= 11 is 0. The first kappa shape index (κ1) is 13.2. The molecule has 0 aromatic carbocycles. The first-order valence-electron chi connectivity index (χ1n) is 6.10. The molecule has 2 rings (SSSR count). The van der Waals surface area contributed by atoms with Gasteiger partial charge in [-0.3, -0.25) is 9.59 Å². The van der Waals surface area contributed by atoms with E-state index in [0.717, 1.165) is 11.0 Å². The minimum Gasteiger partial charge on any atom is -0.324 e. The molecule has 1 N–H and O–H groups in total. The number of amides is 1. The number of fused-ring (bicyclic) bond motifs is 1. The highest BCUT2D eigenvalue weighted by Gasteiger charge is 2.10. The molecule has 2 heterocycles. The molecule has 6 nitrogen and oxygen atoms in total. The summed E-state index contributed by atoms with van der Waals surface area (Å²) in [6.45, 7) is 5.43. The zero-order valence-electron chi connectivity index (χ0n) is 11.2. The quantitative estimate of drug-likeness (QED) is 0.852. The molecule has 0 aliphatic heterocycles. The van der Waals surface area contributed by atoms with Crippen LogP contribution >= 0.6 is 0 Å². The van der Waals surface area contributed by atoms with Gasteiger partial charge >= 0.3 is 0 Å². The number of carbonyl (C=O) groups is 2. The van der Waals surface area contributed by atoms with Crippen molar-refractivity contribution in [3.05, 3.63) is 18.5 Å². The summed E-state index contributed by atoms with van der Waals surface area (Å²) in [5.74, 6) is -0.496. The smallest absolute Gasteiger partial charge is 0.231 e. The molecule has 0 radical (unpaired) electrons. The lowest BCUT2D eigenvalue weighted by atomic mass is 10.2. The average Bonchev–Trinajstić information content (AvgIpc) is 2.70. The summed E-state index contributed by atoms with van der Waals surface area (Å²) in [4.78, 5) is 26.6. The zero-order valence-corrected chi connectivity index (χ0v) is 11.2. The Morgan fingerprint density at radius 3 is 2.74 bits per heavy atom. The van der Waals surface area contributed by atoms with Crippen molar-refractivity contribution < 1.29 is 9.59 Å². The maximum Gasteiger partial charge on any atom is 0.231 e. The molecule has 6 heteroatoms. The Morgan fingerprint density at radius 2 is 2.11 bits per heavy atom. The summed E-state index contributed by atoms with van der Waals surface area (Å²) < 4.78 is 1.82. The lowest BCUT2D eigenvalue weighted by molar-refractivity contribution is -0.124. The van der Waals surface area contributed by atoms with Gasteiger partial charge in [0.2, 0.25) is 5.91 Å². The van der Waals surface area contributed by atoms with Gasteiger partial charge in [-0.2, -0.15) is 5.10 Å². The van der Waals surface area contributed by atoms with Gasteiger partial charge in [0, 0.05) is 11.4 Å². The number of Topliss-reactive ketones (excluding diaryl/α,β-unsaturated/α-hetero) is 1. The van der Waals surface area contributed by atoms with E-state index in [4.69, 9.17) is 0 Å². The van der Waals surface area contributed by atoms with Crippen LogP contribution in [0.15, 0.2) is 18.5 Å². The molecule has 0 spiro atoms. The van der Waals surface area contributed by atoms with E-state index in [1.54, 1.807) is 18.5 Å². The standard InChI is InChI=1S/C13H16N4O2/c1-8(2)17-13-10(6-15-17)5-11(7-14-13)16-12(19)4-9(3)18/h5-8H,4H2,1-3H3,(H,16,19). The Hall–Kier alpha value is -2.24. The molecule has 0 fully saturated rings. The predicted molar refractivity (Wildman–Crippen MR) is 71.8 cm³/mol. The van der Waals surface area contributed by atoms with E-state index in [-0.39, 0.29) is 24.2 Å². The van der Waals surface area contributed by atoms with Crippen LogP contribution in [0.3, 0.4) is 0 Å². The third-order valence-electron chi connectivity index (χ3n) is 2.62. The second-order valence-electron chi connectivity index (χ2n) is 4.75. The van der Waals surface area contributed by atoms with Crippen LogP contribution in [0.1, 0.15) is 33.2 Å². The summed E-state index contributed by atoms with van der Waals surface area (Å²) in [6, 6.07) is 2.02. The van der Waals surface area contributed by atoms with Crippen LogP contribution in [0.2, 0.25) is 0 Å². The van der Waals surface area contributed by atoms with E-state index in [9.17, 15) is 9.59 Å². The molecular weight excluding hydrogens is 244 g/mol. The number of hydrogen-bond donors (Lipinski definition) is 1. The largest absolute Gasteiger partial charge is 0.324 e. The minimum atomic E-state index is -0.329. The van der Waals surface area contributed by atoms with E-state index in [2.05, 4.69) is 15.4 Å². The summed E-state index contributed by atoms with van der Waals surface area (Å²) in [6.07, 6.45) is 3.16. The van der Waals surface area contributed by atoms with E-state index >= 15 is 0 Å². The number of anilines is 1. The summed E-state index contributed by atoms with van der Waals surface area (Å²) in [7, 11) is 0. The molecule has 2 aromatic heterocycles. The highest BCUT2D eigenvalue weighted by atomic mass is 16.2. The second-order valence-corrected chi connectivity index (χ2v) is 4.75. The number of rotatable bonds is 4. The average molecular weight is 260 g/mol. The first-order valence-corrected chi connectivity index (χ1v) is 6.10. The molecule has 0 unspecified atom stereocenters. The topological polar surface area (TPSA) is 76.9 Å². The normalized spacial score (nSPS) is 10.9. The SMILES string of the molecule is CC(=O)CC(=O)Nc1cnc2c(cnn2C(C)C)c1. The van der Waals surface area contributed by atoms with E-state index in [1.807, 2.05) is 18.5 Å². The van der Waals surface area contributed by atoms with E-state index < -0.39 is 0 Å². The summed E-state index contributed by atoms with van der Waals surface area (Å²) in [5.41, 5.74) is 1.35. The van der Waals surface area contributed by atoms with Gasteiger partial charge in [0.15, 0.2) is 5.65 Å². The van der Waals surface area contributed by atoms with Gasteiger partial charge in [-0.15, -0.1) is 0 Å². The van der Waals surface area contributed by atoms with Crippen molar-refractivity contribution in [1.82, 2.24) is 14.8 Å². The Kier molecular flexibility index (Phi) is 3.59. The van der Waals surface area contributed by atoms with Crippen LogP contribution in [0.25, 0.3) is 11.0 Å². The fraction of sp³-hybridized carbons (Fsp3) is 0.385. The van der Waals surface area contributed by atoms with Crippen LogP contribution in [-0.4, -0.2) is 26.5 Å². The van der Waals surface area contributed by atoms with E-state index in [1.165, 1.54) is 6.92 Å². The first-order chi connectivity index (χ1) is 8.97. The number of nitrogens with zero attached hydrogens (tertiary/aromatic N) is 3. The lowest BCUT2D eigenvalue weighted by Gasteiger charge is -2.07. The minimum absolute atomic E-state index is 0.122. The van der Waals surface area contributed by atoms with Gasteiger partial charge in [-0.25, -0.2) is 9.67 Å². The third-order valence-corrected chi connectivity index (χ3v) is 2.62. The monoisotopic (exact) mass is 260 g/mol. The number of ketones is 1. The molecule has 0 aliphatic carbocycles. The number of pyridine rings is 1. The summed E-state index contributed by atoms with van der Waals surface area (Å²) in [5, 5.41) is 7.75.